The molecule has 4 nitrogen and oxygen atoms in total. The molecule has 0 radical (unpaired) electrons. The van der Waals surface area contributed by atoms with Crippen LogP contribution in [0, 0.1) is 11.8 Å². The maximum atomic E-state index is 11.7. The van der Waals surface area contributed by atoms with Gasteiger partial charge >= 0.3 is 0 Å². The van der Waals surface area contributed by atoms with E-state index in [1.807, 2.05) is 0 Å². The van der Waals surface area contributed by atoms with Crippen molar-refractivity contribution in [2.45, 2.75) is 0 Å². The number of aliphatic hydroxyl groups is 1. The van der Waals surface area contributed by atoms with Gasteiger partial charge in [-0.1, -0.05) is 11.8 Å². The predicted molar refractivity (Wildman–Crippen MR) is 56.2 cm³/mol. The number of carbonyl (C=O) groups excluding carboxylic acids is 1. The molecule has 1 heterocycles. The predicted octanol–water partition coefficient (Wildman–Crippen LogP) is 0.127. The number of hydrogen-bond acceptors (Lipinski definition) is 3. The van der Waals surface area contributed by atoms with Crippen LogP contribution in [0.15, 0.2) is 18.5 Å². The summed E-state index contributed by atoms with van der Waals surface area (Å²) >= 11 is 0. The lowest BCUT2D eigenvalue weighted by atomic mass is 10.1. The summed E-state index contributed by atoms with van der Waals surface area (Å²) in [6.45, 7) is -0.232. The highest BCUT2D eigenvalue weighted by molar-refractivity contribution is 5.96. The van der Waals surface area contributed by atoms with E-state index in [-0.39, 0.29) is 12.5 Å². The van der Waals surface area contributed by atoms with Crippen molar-refractivity contribution in [3.05, 3.63) is 29.6 Å². The largest absolute Gasteiger partial charge is 0.384 e. The Morgan fingerprint density at radius 2 is 2.33 bits per heavy atom. The van der Waals surface area contributed by atoms with E-state index in [1.54, 1.807) is 26.4 Å². The molecule has 0 aliphatic rings. The third kappa shape index (κ3) is 2.79. The van der Waals surface area contributed by atoms with Crippen LogP contribution in [0.3, 0.4) is 0 Å². The molecule has 4 heteroatoms. The van der Waals surface area contributed by atoms with Crippen molar-refractivity contribution < 1.29 is 9.90 Å². The highest BCUT2D eigenvalue weighted by atomic mass is 16.2. The van der Waals surface area contributed by atoms with Crippen LogP contribution >= 0.6 is 0 Å². The molecule has 1 rings (SSSR count). The second-order valence-corrected chi connectivity index (χ2v) is 3.08. The first-order chi connectivity index (χ1) is 7.16. The topological polar surface area (TPSA) is 53.4 Å². The third-order valence-corrected chi connectivity index (χ3v) is 1.76. The van der Waals surface area contributed by atoms with Gasteiger partial charge in [0.1, 0.15) is 6.61 Å². The number of aromatic nitrogens is 1. The first-order valence-corrected chi connectivity index (χ1v) is 4.42. The number of pyridine rings is 1. The fraction of sp³-hybridized carbons (Fsp3) is 0.273. The fourth-order valence-corrected chi connectivity index (χ4v) is 1.06. The molecular weight excluding hydrogens is 192 g/mol. The van der Waals surface area contributed by atoms with Gasteiger partial charge in [0.25, 0.3) is 5.91 Å². The summed E-state index contributed by atoms with van der Waals surface area (Å²) in [6.07, 6.45) is 3.06. The van der Waals surface area contributed by atoms with Crippen LogP contribution in [0.5, 0.6) is 0 Å². The standard InChI is InChI=1S/C11H12N2O2/c1-13(2)11(15)10-5-6-12-8-9(10)4-3-7-14/h5-6,8,14H,7H2,1-2H3. The summed E-state index contributed by atoms with van der Waals surface area (Å²) in [5.74, 6) is 5.06. The average molecular weight is 204 g/mol. The Morgan fingerprint density at radius 3 is 2.93 bits per heavy atom. The second-order valence-electron chi connectivity index (χ2n) is 3.08. The number of amides is 1. The van der Waals surface area contributed by atoms with Gasteiger partial charge in [0, 0.05) is 26.5 Å². The Morgan fingerprint density at radius 1 is 1.60 bits per heavy atom. The van der Waals surface area contributed by atoms with E-state index in [0.717, 1.165) is 0 Å². The van der Waals surface area contributed by atoms with E-state index < -0.39 is 0 Å². The number of hydrogen-bond donors (Lipinski definition) is 1. The Bertz CT molecular complexity index is 416. The molecule has 0 saturated heterocycles. The highest BCUT2D eigenvalue weighted by Crippen LogP contribution is 2.07. The van der Waals surface area contributed by atoms with E-state index in [9.17, 15) is 4.79 Å². The SMILES string of the molecule is CN(C)C(=O)c1ccncc1C#CCO. The van der Waals surface area contributed by atoms with Crippen LogP contribution in [0.2, 0.25) is 0 Å². The minimum absolute atomic E-state index is 0.125. The Labute approximate surface area is 88.6 Å². The van der Waals surface area contributed by atoms with Crippen molar-refractivity contribution in [2.75, 3.05) is 20.7 Å². The van der Waals surface area contributed by atoms with Gasteiger partial charge in [0.15, 0.2) is 0 Å². The smallest absolute Gasteiger partial charge is 0.254 e. The Kier molecular flexibility index (Phi) is 3.83. The van der Waals surface area contributed by atoms with E-state index >= 15 is 0 Å². The molecule has 0 aliphatic heterocycles. The fourth-order valence-electron chi connectivity index (χ4n) is 1.06. The van der Waals surface area contributed by atoms with Gasteiger partial charge in [-0.2, -0.15) is 0 Å². The van der Waals surface area contributed by atoms with Crippen molar-refractivity contribution >= 4 is 5.91 Å². The minimum Gasteiger partial charge on any atom is -0.384 e. The molecular formula is C11H12N2O2. The van der Waals surface area contributed by atoms with E-state index in [4.69, 9.17) is 5.11 Å². The normalized spacial score (nSPS) is 9.00. The van der Waals surface area contributed by atoms with Crippen molar-refractivity contribution in [1.82, 2.24) is 9.88 Å². The summed E-state index contributed by atoms with van der Waals surface area (Å²) in [6, 6.07) is 1.61. The van der Waals surface area contributed by atoms with Gasteiger partial charge in [0.2, 0.25) is 0 Å². The monoisotopic (exact) mass is 204 g/mol. The van der Waals surface area contributed by atoms with Crippen molar-refractivity contribution in [1.29, 1.82) is 0 Å². The molecule has 1 aromatic heterocycles. The molecule has 0 saturated carbocycles. The second kappa shape index (κ2) is 5.13. The van der Waals surface area contributed by atoms with Gasteiger partial charge in [-0.15, -0.1) is 0 Å². The van der Waals surface area contributed by atoms with Gasteiger partial charge in [-0.05, 0) is 6.07 Å². The van der Waals surface area contributed by atoms with Crippen LogP contribution in [0.4, 0.5) is 0 Å². The van der Waals surface area contributed by atoms with Crippen LogP contribution < -0.4 is 0 Å². The summed E-state index contributed by atoms with van der Waals surface area (Å²) < 4.78 is 0. The summed E-state index contributed by atoms with van der Waals surface area (Å²) in [7, 11) is 3.35. The summed E-state index contributed by atoms with van der Waals surface area (Å²) in [4.78, 5) is 17.1. The quantitative estimate of drug-likeness (QED) is 0.661. The molecule has 0 unspecified atom stereocenters. The molecule has 0 bridgehead atoms. The zero-order chi connectivity index (χ0) is 11.3. The molecule has 15 heavy (non-hydrogen) atoms. The lowest BCUT2D eigenvalue weighted by molar-refractivity contribution is 0.0827. The maximum absolute atomic E-state index is 11.7. The molecule has 1 amide bonds. The Hall–Kier alpha value is -1.86. The van der Waals surface area contributed by atoms with E-state index in [2.05, 4.69) is 16.8 Å². The number of rotatable bonds is 1. The van der Waals surface area contributed by atoms with Crippen LogP contribution in [-0.4, -0.2) is 41.6 Å². The molecule has 1 N–H and O–H groups in total. The number of carbonyl (C=O) groups is 1. The van der Waals surface area contributed by atoms with Gasteiger partial charge in [0.05, 0.1) is 11.1 Å². The zero-order valence-corrected chi connectivity index (χ0v) is 8.69. The number of aliphatic hydroxyl groups excluding tert-OH is 1. The maximum Gasteiger partial charge on any atom is 0.254 e. The first kappa shape index (κ1) is 11.2. The van der Waals surface area contributed by atoms with Crippen molar-refractivity contribution in [3.8, 4) is 11.8 Å². The lowest BCUT2D eigenvalue weighted by Crippen LogP contribution is -2.22. The minimum atomic E-state index is -0.232. The molecule has 0 spiro atoms. The van der Waals surface area contributed by atoms with Gasteiger partial charge in [-0.25, -0.2) is 0 Å². The molecule has 0 fully saturated rings. The van der Waals surface area contributed by atoms with Crippen LogP contribution in [0.25, 0.3) is 0 Å². The molecule has 0 atom stereocenters. The van der Waals surface area contributed by atoms with Gasteiger partial charge in [-0.3, -0.25) is 9.78 Å². The number of nitrogens with zero attached hydrogens (tertiary/aromatic N) is 2. The van der Waals surface area contributed by atoms with E-state index in [0.29, 0.717) is 11.1 Å². The Balaban J connectivity index is 3.12. The summed E-state index contributed by atoms with van der Waals surface area (Å²) in [5, 5.41) is 8.58. The average Bonchev–Trinajstić information content (AvgIpc) is 2.25. The lowest BCUT2D eigenvalue weighted by Gasteiger charge is -2.10. The highest BCUT2D eigenvalue weighted by Gasteiger charge is 2.11. The van der Waals surface area contributed by atoms with E-state index in [1.165, 1.54) is 11.1 Å². The van der Waals surface area contributed by atoms with Gasteiger partial charge < -0.3 is 10.0 Å². The molecule has 78 valence electrons. The summed E-state index contributed by atoms with van der Waals surface area (Å²) in [5.41, 5.74) is 1.03. The molecule has 1 aromatic rings. The third-order valence-electron chi connectivity index (χ3n) is 1.76. The van der Waals surface area contributed by atoms with Crippen molar-refractivity contribution in [2.24, 2.45) is 0 Å². The molecule has 0 aliphatic carbocycles. The molecule has 0 aromatic carbocycles. The van der Waals surface area contributed by atoms with Crippen LogP contribution in [-0.2, 0) is 0 Å². The first-order valence-electron chi connectivity index (χ1n) is 4.42. The van der Waals surface area contributed by atoms with Crippen LogP contribution in [0.1, 0.15) is 15.9 Å². The zero-order valence-electron chi connectivity index (χ0n) is 8.69. The van der Waals surface area contributed by atoms with Crippen molar-refractivity contribution in [3.63, 3.8) is 0 Å².